The van der Waals surface area contributed by atoms with Crippen LogP contribution < -0.4 is 20.7 Å². The van der Waals surface area contributed by atoms with Gasteiger partial charge in [-0.1, -0.05) is 12.1 Å². The number of halogens is 1. The van der Waals surface area contributed by atoms with E-state index < -0.39 is 0 Å². The van der Waals surface area contributed by atoms with Crippen molar-refractivity contribution in [1.29, 1.82) is 0 Å². The lowest BCUT2D eigenvalue weighted by Crippen LogP contribution is -3.28. The number of amides is 1. The van der Waals surface area contributed by atoms with Crippen LogP contribution >= 0.6 is 0 Å². The van der Waals surface area contributed by atoms with Gasteiger partial charge in [0.25, 0.3) is 11.5 Å². The number of nitrogens with zero attached hydrogens (tertiary/aromatic N) is 2. The van der Waals surface area contributed by atoms with Crippen molar-refractivity contribution < 1.29 is 19.0 Å². The Balaban J connectivity index is 1.31. The average molecular weight is 411 g/mol. The highest BCUT2D eigenvalue weighted by Gasteiger charge is 2.25. The number of aryl methyl sites for hydroxylation is 1. The molecular weight excluding hydrogens is 385 g/mol. The number of rotatable bonds is 5. The number of carbonyl (C=O) groups is 1. The van der Waals surface area contributed by atoms with Gasteiger partial charge >= 0.3 is 0 Å². The molecule has 1 aliphatic heterocycles. The summed E-state index contributed by atoms with van der Waals surface area (Å²) in [4.78, 5) is 31.9. The predicted octanol–water partition coefficient (Wildman–Crippen LogP) is -0.936. The number of benzene rings is 1. The van der Waals surface area contributed by atoms with E-state index >= 15 is 0 Å². The van der Waals surface area contributed by atoms with E-state index in [2.05, 4.69) is 10.3 Å². The largest absolute Gasteiger partial charge is 0.321 e. The zero-order valence-electron chi connectivity index (χ0n) is 17.0. The highest BCUT2D eigenvalue weighted by Crippen LogP contribution is 2.08. The fraction of sp³-hybridized carbons (Fsp3) is 0.318. The third-order valence-electron chi connectivity index (χ3n) is 5.55. The summed E-state index contributed by atoms with van der Waals surface area (Å²) >= 11 is 0. The number of pyridine rings is 1. The van der Waals surface area contributed by atoms with Gasteiger partial charge in [0.1, 0.15) is 49.9 Å². The van der Waals surface area contributed by atoms with Crippen LogP contribution in [0.25, 0.3) is 5.65 Å². The Bertz CT molecular complexity index is 1120. The van der Waals surface area contributed by atoms with Crippen molar-refractivity contribution in [1.82, 2.24) is 9.38 Å². The number of aromatic nitrogens is 2. The second-order valence-electron chi connectivity index (χ2n) is 7.86. The van der Waals surface area contributed by atoms with Crippen LogP contribution in [0.1, 0.15) is 11.4 Å². The summed E-state index contributed by atoms with van der Waals surface area (Å²) in [7, 11) is 0. The standard InChI is InChI=1S/C22H24FN5O2/c1-16-4-2-7-20-24-19(13-22(30)28(16)20)14-26-8-10-27(11-9-26)15-21(29)25-18-6-3-5-17(23)12-18/h2-7,12-13H,8-11,14-15H2,1H3,(H,25,29)/p+2. The van der Waals surface area contributed by atoms with Gasteiger partial charge in [0.2, 0.25) is 0 Å². The quantitative estimate of drug-likeness (QED) is 0.508. The molecule has 0 aliphatic carbocycles. The van der Waals surface area contributed by atoms with Gasteiger partial charge < -0.3 is 15.1 Å². The smallest absolute Gasteiger partial charge is 0.279 e. The number of hydrogen-bond acceptors (Lipinski definition) is 3. The molecule has 0 atom stereocenters. The van der Waals surface area contributed by atoms with Crippen molar-refractivity contribution in [2.75, 3.05) is 38.0 Å². The predicted molar refractivity (Wildman–Crippen MR) is 111 cm³/mol. The molecule has 3 aromatic rings. The van der Waals surface area contributed by atoms with Crippen molar-refractivity contribution in [3.05, 3.63) is 76.1 Å². The molecule has 30 heavy (non-hydrogen) atoms. The van der Waals surface area contributed by atoms with E-state index in [9.17, 15) is 14.0 Å². The monoisotopic (exact) mass is 411 g/mol. The number of fused-ring (bicyclic) bond motifs is 1. The van der Waals surface area contributed by atoms with Crippen molar-refractivity contribution >= 4 is 17.2 Å². The Morgan fingerprint density at radius 3 is 2.60 bits per heavy atom. The second-order valence-corrected chi connectivity index (χ2v) is 7.86. The lowest BCUT2D eigenvalue weighted by atomic mass is 10.2. The van der Waals surface area contributed by atoms with Crippen LogP contribution in [0.2, 0.25) is 0 Å². The van der Waals surface area contributed by atoms with Crippen LogP contribution in [0, 0.1) is 12.7 Å². The molecule has 1 aromatic carbocycles. The first kappa shape index (κ1) is 20.2. The molecule has 3 heterocycles. The van der Waals surface area contributed by atoms with E-state index in [1.165, 1.54) is 21.9 Å². The molecule has 156 valence electrons. The summed E-state index contributed by atoms with van der Waals surface area (Å²) in [6.45, 7) is 6.47. The van der Waals surface area contributed by atoms with E-state index in [0.717, 1.165) is 37.6 Å². The van der Waals surface area contributed by atoms with Crippen molar-refractivity contribution in [3.8, 4) is 0 Å². The SMILES string of the molecule is Cc1cccc2nc(C[NH+]3CC[NH+](CC(=O)Nc4cccc(F)c4)CC3)cc(=O)n12. The first-order valence-corrected chi connectivity index (χ1v) is 10.2. The van der Waals surface area contributed by atoms with Crippen LogP contribution in [0.15, 0.2) is 53.3 Å². The molecule has 1 saturated heterocycles. The maximum absolute atomic E-state index is 13.2. The van der Waals surface area contributed by atoms with Gasteiger partial charge in [0.15, 0.2) is 6.54 Å². The molecule has 2 aromatic heterocycles. The van der Waals surface area contributed by atoms with Gasteiger partial charge in [-0.15, -0.1) is 0 Å². The second kappa shape index (κ2) is 8.73. The lowest BCUT2D eigenvalue weighted by Gasteiger charge is -2.29. The van der Waals surface area contributed by atoms with Gasteiger partial charge in [-0.3, -0.25) is 14.0 Å². The number of quaternary nitrogens is 2. The minimum atomic E-state index is -0.366. The molecule has 0 bridgehead atoms. The summed E-state index contributed by atoms with van der Waals surface area (Å²) in [6, 6.07) is 13.2. The van der Waals surface area contributed by atoms with Crippen LogP contribution in [0.5, 0.6) is 0 Å². The Labute approximate surface area is 173 Å². The zero-order valence-corrected chi connectivity index (χ0v) is 17.0. The van der Waals surface area contributed by atoms with Crippen LogP contribution in [-0.2, 0) is 11.3 Å². The molecule has 1 amide bonds. The summed E-state index contributed by atoms with van der Waals surface area (Å²) in [5.41, 5.74) is 2.78. The number of nitrogens with one attached hydrogen (secondary N) is 3. The molecule has 4 rings (SSSR count). The number of carbonyl (C=O) groups excluding carboxylic acids is 1. The molecule has 0 radical (unpaired) electrons. The molecule has 8 heteroatoms. The average Bonchev–Trinajstić information content (AvgIpc) is 2.69. The van der Waals surface area contributed by atoms with E-state index in [-0.39, 0.29) is 17.3 Å². The topological polar surface area (TPSA) is 72.3 Å². The lowest BCUT2D eigenvalue weighted by molar-refractivity contribution is -1.02. The Morgan fingerprint density at radius 1 is 1.10 bits per heavy atom. The van der Waals surface area contributed by atoms with Crippen molar-refractivity contribution in [2.24, 2.45) is 0 Å². The maximum Gasteiger partial charge on any atom is 0.279 e. The summed E-state index contributed by atoms with van der Waals surface area (Å²) in [6.07, 6.45) is 0. The summed E-state index contributed by atoms with van der Waals surface area (Å²) < 4.78 is 14.9. The van der Waals surface area contributed by atoms with Crippen LogP contribution in [-0.4, -0.2) is 48.0 Å². The third kappa shape index (κ3) is 4.72. The molecule has 7 nitrogen and oxygen atoms in total. The van der Waals surface area contributed by atoms with E-state index in [4.69, 9.17) is 0 Å². The molecule has 0 saturated carbocycles. The van der Waals surface area contributed by atoms with Gasteiger partial charge in [0.05, 0.1) is 0 Å². The summed E-state index contributed by atoms with van der Waals surface area (Å²) in [5.74, 6) is -0.479. The Morgan fingerprint density at radius 2 is 1.83 bits per heavy atom. The molecule has 0 unspecified atom stereocenters. The molecule has 1 aliphatic rings. The Hall–Kier alpha value is -3.10. The molecule has 1 fully saturated rings. The molecule has 0 spiro atoms. The first-order valence-electron chi connectivity index (χ1n) is 10.2. The van der Waals surface area contributed by atoms with Crippen LogP contribution in [0.3, 0.4) is 0 Å². The minimum Gasteiger partial charge on any atom is -0.321 e. The fourth-order valence-corrected chi connectivity index (χ4v) is 4.02. The van der Waals surface area contributed by atoms with Gasteiger partial charge in [0, 0.05) is 17.4 Å². The Kier molecular flexibility index (Phi) is 5.87. The van der Waals surface area contributed by atoms with Gasteiger partial charge in [-0.05, 0) is 37.3 Å². The van der Waals surface area contributed by atoms with E-state index in [1.807, 2.05) is 25.1 Å². The zero-order chi connectivity index (χ0) is 21.1. The first-order chi connectivity index (χ1) is 14.5. The third-order valence-corrected chi connectivity index (χ3v) is 5.55. The van der Waals surface area contributed by atoms with Crippen molar-refractivity contribution in [3.63, 3.8) is 0 Å². The molecular formula is C22H26FN5O2+2. The van der Waals surface area contributed by atoms with Crippen molar-refractivity contribution in [2.45, 2.75) is 13.5 Å². The number of piperazine rings is 1. The van der Waals surface area contributed by atoms with Crippen LogP contribution in [0.4, 0.5) is 10.1 Å². The number of anilines is 1. The van der Waals surface area contributed by atoms with E-state index in [1.54, 1.807) is 22.6 Å². The van der Waals surface area contributed by atoms with Gasteiger partial charge in [-0.25, -0.2) is 9.37 Å². The van der Waals surface area contributed by atoms with Gasteiger partial charge in [-0.2, -0.15) is 0 Å². The number of hydrogen-bond donors (Lipinski definition) is 3. The van der Waals surface area contributed by atoms with E-state index in [0.29, 0.717) is 24.4 Å². The fourth-order valence-electron chi connectivity index (χ4n) is 4.02. The normalized spacial score (nSPS) is 19.0. The minimum absolute atomic E-state index is 0.0502. The highest BCUT2D eigenvalue weighted by atomic mass is 19.1. The maximum atomic E-state index is 13.2. The highest BCUT2D eigenvalue weighted by molar-refractivity contribution is 5.91. The molecule has 3 N–H and O–H groups in total. The summed E-state index contributed by atoms with van der Waals surface area (Å²) in [5, 5.41) is 2.76.